The number of rotatable bonds is 0. The SMILES string of the molecule is [CH-]=C.[CH-]=C.[Ir]. The van der Waals surface area contributed by atoms with Crippen LogP contribution in [-0.4, -0.2) is 0 Å². The van der Waals surface area contributed by atoms with Crippen LogP contribution in [0.3, 0.4) is 0 Å². The maximum atomic E-state index is 4.25. The number of hydrogen-bond donors (Lipinski definition) is 0. The van der Waals surface area contributed by atoms with Crippen LogP contribution < -0.4 is 0 Å². The van der Waals surface area contributed by atoms with Gasteiger partial charge in [-0.05, 0) is 0 Å². The van der Waals surface area contributed by atoms with E-state index in [-0.39, 0.29) is 20.1 Å². The van der Waals surface area contributed by atoms with Crippen LogP contribution >= 0.6 is 0 Å². The standard InChI is InChI=1S/2C2H3.Ir/c2*1-2;/h2*1H,2H2;/q2*-1;. The van der Waals surface area contributed by atoms with Gasteiger partial charge in [-0.15, -0.1) is 0 Å². The summed E-state index contributed by atoms with van der Waals surface area (Å²) < 4.78 is 0. The van der Waals surface area contributed by atoms with Crippen LogP contribution in [0.25, 0.3) is 0 Å². The molecule has 0 N–H and O–H groups in total. The van der Waals surface area contributed by atoms with Gasteiger partial charge in [0.1, 0.15) is 0 Å². The predicted molar refractivity (Wildman–Crippen MR) is 19.9 cm³/mol. The smallest absolute Gasteiger partial charge is 0 e. The molecule has 0 bridgehead atoms. The Morgan fingerprint density at radius 3 is 0.800 bits per heavy atom. The molecule has 1 heteroatoms. The first-order valence-electron chi connectivity index (χ1n) is 0.816. The van der Waals surface area contributed by atoms with Crippen LogP contribution in [-0.2, 0) is 20.1 Å². The largest absolute Gasteiger partial charge is 0.521 e. The van der Waals surface area contributed by atoms with Gasteiger partial charge in [-0.25, -0.2) is 0 Å². The summed E-state index contributed by atoms with van der Waals surface area (Å²) in [5, 5.41) is 0. The Hall–Kier alpha value is 0.129. The average molecular weight is 246 g/mol. The molecule has 0 aliphatic heterocycles. The predicted octanol–water partition coefficient (Wildman–Crippen LogP) is 1.21. The molecule has 0 aromatic heterocycles. The zero-order valence-electron chi connectivity index (χ0n) is 2.90. The summed E-state index contributed by atoms with van der Waals surface area (Å²) in [6.45, 7) is 14.0. The summed E-state index contributed by atoms with van der Waals surface area (Å²) in [7, 11) is 0. The van der Waals surface area contributed by atoms with Crippen molar-refractivity contribution in [2.75, 3.05) is 0 Å². The molecule has 1 radical (unpaired) electrons. The molecule has 0 fully saturated rings. The third-order valence-electron chi connectivity index (χ3n) is 0. The van der Waals surface area contributed by atoms with E-state index >= 15 is 0 Å². The fraction of sp³-hybridized carbons (Fsp3) is 0. The molecular formula is C4H6Ir-2. The maximum absolute atomic E-state index is 4.25. The topological polar surface area (TPSA) is 0 Å². The van der Waals surface area contributed by atoms with E-state index in [2.05, 4.69) is 26.3 Å². The Balaban J connectivity index is -0.0000000133. The van der Waals surface area contributed by atoms with E-state index in [0.717, 1.165) is 0 Å². The minimum atomic E-state index is 0. The summed E-state index contributed by atoms with van der Waals surface area (Å²) in [6.07, 6.45) is 0. The molecule has 0 saturated carbocycles. The molecule has 0 spiro atoms. The quantitative estimate of drug-likeness (QED) is 0.564. The molecule has 0 atom stereocenters. The third-order valence-corrected chi connectivity index (χ3v) is 0. The molecular weight excluding hydrogens is 240 g/mol. The Bertz CT molecular complexity index is 5.61. The van der Waals surface area contributed by atoms with Gasteiger partial charge in [-0.2, -0.15) is 0 Å². The molecule has 0 aromatic rings. The van der Waals surface area contributed by atoms with Crippen molar-refractivity contribution in [2.24, 2.45) is 0 Å². The first kappa shape index (κ1) is 19.3. The monoisotopic (exact) mass is 247 g/mol. The first-order chi connectivity index (χ1) is 2.00. The summed E-state index contributed by atoms with van der Waals surface area (Å²) in [4.78, 5) is 0. The van der Waals surface area contributed by atoms with Gasteiger partial charge in [-0.3, -0.25) is 13.2 Å². The van der Waals surface area contributed by atoms with Crippen molar-refractivity contribution in [3.63, 3.8) is 0 Å². The molecule has 0 aliphatic carbocycles. The Labute approximate surface area is 46.9 Å². The van der Waals surface area contributed by atoms with E-state index in [9.17, 15) is 0 Å². The van der Waals surface area contributed by atoms with Crippen molar-refractivity contribution in [1.29, 1.82) is 0 Å². The Morgan fingerprint density at radius 2 is 0.800 bits per heavy atom. The van der Waals surface area contributed by atoms with Crippen LogP contribution in [0.1, 0.15) is 0 Å². The van der Waals surface area contributed by atoms with Crippen LogP contribution in [0.2, 0.25) is 0 Å². The molecule has 0 saturated heterocycles. The van der Waals surface area contributed by atoms with E-state index < -0.39 is 0 Å². The van der Waals surface area contributed by atoms with Crippen molar-refractivity contribution in [3.8, 4) is 0 Å². The second-order valence-electron chi connectivity index (χ2n) is 0. The minimum Gasteiger partial charge on any atom is -0.521 e. The van der Waals surface area contributed by atoms with Gasteiger partial charge < -0.3 is 13.2 Å². The normalized spacial score (nSPS) is 1.60. The second kappa shape index (κ2) is 2420. The van der Waals surface area contributed by atoms with Crippen LogP contribution in [0.4, 0.5) is 0 Å². The van der Waals surface area contributed by atoms with Crippen molar-refractivity contribution >= 4 is 0 Å². The molecule has 33 valence electrons. The van der Waals surface area contributed by atoms with E-state index in [1.807, 2.05) is 0 Å². The van der Waals surface area contributed by atoms with Gasteiger partial charge in [-0.1, -0.05) is 0 Å². The number of hydrogen-bond acceptors (Lipinski definition) is 0. The maximum Gasteiger partial charge on any atom is 0 e. The summed E-state index contributed by atoms with van der Waals surface area (Å²) in [5.41, 5.74) is 0. The van der Waals surface area contributed by atoms with Gasteiger partial charge in [0.15, 0.2) is 0 Å². The molecule has 0 unspecified atom stereocenters. The van der Waals surface area contributed by atoms with Crippen LogP contribution in [0.5, 0.6) is 0 Å². The van der Waals surface area contributed by atoms with Crippen molar-refractivity contribution in [3.05, 3.63) is 26.3 Å². The Kier molecular flexibility index (Phi) is 9320. The molecule has 5 heavy (non-hydrogen) atoms. The molecule has 0 rings (SSSR count). The van der Waals surface area contributed by atoms with Crippen molar-refractivity contribution in [2.45, 2.75) is 0 Å². The molecule has 0 amide bonds. The van der Waals surface area contributed by atoms with Gasteiger partial charge in [0.05, 0.1) is 0 Å². The fourth-order valence-electron chi connectivity index (χ4n) is 0. The molecule has 0 aromatic carbocycles. The fourth-order valence-corrected chi connectivity index (χ4v) is 0. The van der Waals surface area contributed by atoms with Gasteiger partial charge in [0.2, 0.25) is 0 Å². The summed E-state index contributed by atoms with van der Waals surface area (Å²) in [5.74, 6) is 0. The van der Waals surface area contributed by atoms with E-state index in [0.29, 0.717) is 0 Å². The molecule has 0 heterocycles. The van der Waals surface area contributed by atoms with Crippen LogP contribution in [0, 0.1) is 13.2 Å². The van der Waals surface area contributed by atoms with Gasteiger partial charge in [0.25, 0.3) is 0 Å². The minimum absolute atomic E-state index is 0. The van der Waals surface area contributed by atoms with Gasteiger partial charge >= 0.3 is 0 Å². The third kappa shape index (κ3) is 1120. The zero-order chi connectivity index (χ0) is 4.00. The van der Waals surface area contributed by atoms with Crippen molar-refractivity contribution < 1.29 is 20.1 Å². The van der Waals surface area contributed by atoms with E-state index in [4.69, 9.17) is 0 Å². The second-order valence-corrected chi connectivity index (χ2v) is 0. The molecule has 0 aliphatic rings. The Morgan fingerprint density at radius 1 is 0.800 bits per heavy atom. The van der Waals surface area contributed by atoms with Gasteiger partial charge in [0, 0.05) is 20.1 Å². The summed E-state index contributed by atoms with van der Waals surface area (Å²) >= 11 is 0. The van der Waals surface area contributed by atoms with E-state index in [1.54, 1.807) is 0 Å². The first-order valence-corrected chi connectivity index (χ1v) is 0.816. The average Bonchev–Trinajstić information content (AvgIpc) is 1.50. The molecule has 0 nitrogen and oxygen atoms in total. The van der Waals surface area contributed by atoms with E-state index in [1.165, 1.54) is 0 Å². The van der Waals surface area contributed by atoms with Crippen molar-refractivity contribution in [1.82, 2.24) is 0 Å². The zero-order valence-corrected chi connectivity index (χ0v) is 5.30. The van der Waals surface area contributed by atoms with Crippen LogP contribution in [0.15, 0.2) is 13.2 Å². The summed E-state index contributed by atoms with van der Waals surface area (Å²) in [6, 6.07) is 0.